The second-order valence-corrected chi connectivity index (χ2v) is 6.48. The largest absolute Gasteiger partial charge is 0.480 e. The summed E-state index contributed by atoms with van der Waals surface area (Å²) in [4.78, 5) is 24.4. The van der Waals surface area contributed by atoms with Crippen LogP contribution in [0.3, 0.4) is 0 Å². The van der Waals surface area contributed by atoms with Crippen LogP contribution in [0.4, 0.5) is 10.5 Å². The van der Waals surface area contributed by atoms with Gasteiger partial charge in [0.05, 0.1) is 11.6 Å². The maximum Gasteiger partial charge on any atom is 0.327 e. The fourth-order valence-electron chi connectivity index (χ4n) is 1.63. The smallest absolute Gasteiger partial charge is 0.327 e. The van der Waals surface area contributed by atoms with Gasteiger partial charge in [0.1, 0.15) is 6.04 Å². The average Bonchev–Trinajstić information content (AvgIpc) is 2.82. The van der Waals surface area contributed by atoms with Crippen LogP contribution in [0.1, 0.15) is 0 Å². The van der Waals surface area contributed by atoms with Gasteiger partial charge in [0.2, 0.25) is 0 Å². The number of nitrogens with zero attached hydrogens (tertiary/aromatic N) is 1. The van der Waals surface area contributed by atoms with Crippen LogP contribution in [0, 0.1) is 3.57 Å². The van der Waals surface area contributed by atoms with Gasteiger partial charge in [-0.3, -0.25) is 0 Å². The molecule has 1 aliphatic rings. The zero-order valence-corrected chi connectivity index (χ0v) is 13.3. The number of carbonyl (C=O) groups is 2. The van der Waals surface area contributed by atoms with Gasteiger partial charge in [-0.2, -0.15) is 0 Å². The van der Waals surface area contributed by atoms with Gasteiger partial charge in [0, 0.05) is 14.3 Å². The SMILES string of the molecule is O=C(O)[C@@H]1CSCN1C(=O)Nc1ccc(Cl)cc1I. The lowest BCUT2D eigenvalue weighted by Gasteiger charge is -2.21. The lowest BCUT2D eigenvalue weighted by Crippen LogP contribution is -2.44. The minimum Gasteiger partial charge on any atom is -0.480 e. The van der Waals surface area contributed by atoms with Gasteiger partial charge in [-0.25, -0.2) is 9.59 Å². The summed E-state index contributed by atoms with van der Waals surface area (Å²) in [6.07, 6.45) is 0. The van der Waals surface area contributed by atoms with E-state index in [1.165, 1.54) is 16.7 Å². The van der Waals surface area contributed by atoms with Crippen molar-refractivity contribution in [3.63, 3.8) is 0 Å². The monoisotopic (exact) mass is 412 g/mol. The first kappa shape index (κ1) is 14.7. The summed E-state index contributed by atoms with van der Waals surface area (Å²) in [6.45, 7) is 0. The van der Waals surface area contributed by atoms with Crippen LogP contribution < -0.4 is 5.32 Å². The predicted octanol–water partition coefficient (Wildman–Crippen LogP) is 2.94. The minimum atomic E-state index is -0.981. The molecule has 1 aliphatic heterocycles. The molecule has 5 nitrogen and oxygen atoms in total. The van der Waals surface area contributed by atoms with E-state index in [4.69, 9.17) is 16.7 Å². The highest BCUT2D eigenvalue weighted by Crippen LogP contribution is 2.25. The number of nitrogens with one attached hydrogen (secondary N) is 1. The van der Waals surface area contributed by atoms with E-state index in [1.807, 2.05) is 0 Å². The van der Waals surface area contributed by atoms with Crippen LogP contribution in [0.2, 0.25) is 5.02 Å². The molecule has 2 amide bonds. The third kappa shape index (κ3) is 3.46. The molecule has 1 heterocycles. The lowest BCUT2D eigenvalue weighted by molar-refractivity contribution is -0.140. The van der Waals surface area contributed by atoms with Crippen LogP contribution in [-0.4, -0.2) is 39.7 Å². The summed E-state index contributed by atoms with van der Waals surface area (Å²) in [5.74, 6) is -0.182. The number of thioether (sulfide) groups is 1. The quantitative estimate of drug-likeness (QED) is 0.733. The van der Waals surface area contributed by atoms with E-state index < -0.39 is 18.0 Å². The molecule has 0 unspecified atom stereocenters. The van der Waals surface area contributed by atoms with Gasteiger partial charge in [-0.15, -0.1) is 11.8 Å². The summed E-state index contributed by atoms with van der Waals surface area (Å²) in [5, 5.41) is 12.3. The molecule has 1 fully saturated rings. The van der Waals surface area contributed by atoms with E-state index in [0.29, 0.717) is 22.3 Å². The van der Waals surface area contributed by atoms with Crippen molar-refractivity contribution < 1.29 is 14.7 Å². The molecule has 0 spiro atoms. The first-order valence-corrected chi connectivity index (χ1v) is 7.93. The number of carboxylic acid groups (broad SMARTS) is 1. The van der Waals surface area contributed by atoms with E-state index in [2.05, 4.69) is 27.9 Å². The average molecular weight is 413 g/mol. The van der Waals surface area contributed by atoms with Crippen LogP contribution >= 0.6 is 46.0 Å². The number of urea groups is 1. The molecule has 0 bridgehead atoms. The summed E-state index contributed by atoms with van der Waals surface area (Å²) in [6, 6.07) is 3.92. The summed E-state index contributed by atoms with van der Waals surface area (Å²) in [5.41, 5.74) is 0.621. The van der Waals surface area contributed by atoms with Gasteiger partial charge in [-0.05, 0) is 40.8 Å². The van der Waals surface area contributed by atoms with Crippen molar-refractivity contribution in [2.24, 2.45) is 0 Å². The summed E-state index contributed by atoms with van der Waals surface area (Å²) < 4.78 is 0.803. The molecule has 0 aliphatic carbocycles. The lowest BCUT2D eigenvalue weighted by atomic mass is 10.3. The fourth-order valence-corrected chi connectivity index (χ4v) is 3.78. The Balaban J connectivity index is 2.10. The highest BCUT2D eigenvalue weighted by Gasteiger charge is 2.34. The number of halogens is 2. The van der Waals surface area contributed by atoms with Crippen molar-refractivity contribution >= 4 is 63.6 Å². The summed E-state index contributed by atoms with van der Waals surface area (Å²) >= 11 is 9.32. The number of hydrogen-bond acceptors (Lipinski definition) is 3. The van der Waals surface area contributed by atoms with E-state index in [1.54, 1.807) is 18.2 Å². The minimum absolute atomic E-state index is 0.382. The maximum absolute atomic E-state index is 12.1. The second-order valence-electron chi connectivity index (χ2n) is 3.88. The summed E-state index contributed by atoms with van der Waals surface area (Å²) in [7, 11) is 0. The van der Waals surface area contributed by atoms with Crippen molar-refractivity contribution in [2.45, 2.75) is 6.04 Å². The fraction of sp³-hybridized carbons (Fsp3) is 0.273. The normalized spacial score (nSPS) is 18.4. The highest BCUT2D eigenvalue weighted by molar-refractivity contribution is 14.1. The number of benzene rings is 1. The Kier molecular flexibility index (Phi) is 4.80. The van der Waals surface area contributed by atoms with Crippen molar-refractivity contribution in [3.05, 3.63) is 26.8 Å². The van der Waals surface area contributed by atoms with E-state index in [0.717, 1.165) is 3.57 Å². The number of amides is 2. The molecule has 0 radical (unpaired) electrons. The second kappa shape index (κ2) is 6.19. The predicted molar refractivity (Wildman–Crippen MR) is 83.8 cm³/mol. The maximum atomic E-state index is 12.1. The van der Waals surface area contributed by atoms with Gasteiger partial charge >= 0.3 is 12.0 Å². The molecule has 2 rings (SSSR count). The Morgan fingerprint density at radius 3 is 2.89 bits per heavy atom. The molecule has 19 heavy (non-hydrogen) atoms. The molecule has 8 heteroatoms. The molecular formula is C11H10ClIN2O3S. The molecule has 102 valence electrons. The van der Waals surface area contributed by atoms with Crippen molar-refractivity contribution in [1.82, 2.24) is 4.90 Å². The Morgan fingerprint density at radius 1 is 1.53 bits per heavy atom. The molecule has 0 aromatic heterocycles. The first-order chi connectivity index (χ1) is 8.99. The third-order valence-corrected chi connectivity index (χ3v) is 4.74. The molecule has 1 aromatic carbocycles. The van der Waals surface area contributed by atoms with E-state index >= 15 is 0 Å². The number of rotatable bonds is 2. The number of carbonyl (C=O) groups excluding carboxylic acids is 1. The van der Waals surface area contributed by atoms with Crippen molar-refractivity contribution in [3.8, 4) is 0 Å². The van der Waals surface area contributed by atoms with E-state index in [9.17, 15) is 9.59 Å². The van der Waals surface area contributed by atoms with Crippen LogP contribution in [0.25, 0.3) is 0 Å². The van der Waals surface area contributed by atoms with Crippen molar-refractivity contribution in [2.75, 3.05) is 16.9 Å². The van der Waals surface area contributed by atoms with E-state index in [-0.39, 0.29) is 0 Å². The molecular weight excluding hydrogens is 403 g/mol. The van der Waals surface area contributed by atoms with Gasteiger partial charge in [0.15, 0.2) is 0 Å². The van der Waals surface area contributed by atoms with Crippen LogP contribution in [0.5, 0.6) is 0 Å². The number of carboxylic acids is 1. The molecule has 2 N–H and O–H groups in total. The Hall–Kier alpha value is -0.670. The number of anilines is 1. The Bertz CT molecular complexity index is 529. The zero-order chi connectivity index (χ0) is 14.0. The van der Waals surface area contributed by atoms with Gasteiger partial charge in [0.25, 0.3) is 0 Å². The first-order valence-electron chi connectivity index (χ1n) is 5.32. The topological polar surface area (TPSA) is 69.6 Å². The highest BCUT2D eigenvalue weighted by atomic mass is 127. The molecule has 1 saturated heterocycles. The van der Waals surface area contributed by atoms with Gasteiger partial charge in [-0.1, -0.05) is 11.6 Å². The zero-order valence-electron chi connectivity index (χ0n) is 9.60. The molecule has 0 saturated carbocycles. The molecule has 1 aromatic rings. The molecule has 1 atom stereocenters. The van der Waals surface area contributed by atoms with Crippen LogP contribution in [-0.2, 0) is 4.79 Å². The number of aliphatic carboxylic acids is 1. The standard InChI is InChI=1S/C11H10ClIN2O3S/c12-6-1-2-8(7(13)3-6)14-11(18)15-5-19-4-9(15)10(16)17/h1-3,9H,4-5H2,(H,14,18)(H,16,17)/t9-/m0/s1. The Labute approximate surface area is 132 Å². The Morgan fingerprint density at radius 2 is 2.26 bits per heavy atom. The third-order valence-electron chi connectivity index (χ3n) is 2.60. The van der Waals surface area contributed by atoms with Crippen molar-refractivity contribution in [1.29, 1.82) is 0 Å². The van der Waals surface area contributed by atoms with Gasteiger partial charge < -0.3 is 15.3 Å². The number of hydrogen-bond donors (Lipinski definition) is 2. The van der Waals surface area contributed by atoms with Crippen LogP contribution in [0.15, 0.2) is 18.2 Å².